The zero-order valence-corrected chi connectivity index (χ0v) is 12.2. The second kappa shape index (κ2) is 5.63. The second-order valence-electron chi connectivity index (χ2n) is 5.54. The Morgan fingerprint density at radius 2 is 1.75 bits per heavy atom. The van der Waals surface area contributed by atoms with Gasteiger partial charge in [0.2, 0.25) is 0 Å². The molecule has 1 aliphatic heterocycles. The van der Waals surface area contributed by atoms with Crippen molar-refractivity contribution in [1.82, 2.24) is 9.88 Å². The molecule has 104 valence electrons. The molecule has 2 aromatic rings. The first-order chi connectivity index (χ1) is 9.75. The Kier molecular flexibility index (Phi) is 3.70. The van der Waals surface area contributed by atoms with Crippen LogP contribution in [0.15, 0.2) is 42.7 Å². The minimum absolute atomic E-state index is 1.05. The van der Waals surface area contributed by atoms with Crippen LogP contribution in [0.4, 0.5) is 5.69 Å². The van der Waals surface area contributed by atoms with Crippen LogP contribution in [0.2, 0.25) is 0 Å². The predicted molar refractivity (Wildman–Crippen MR) is 84.1 cm³/mol. The minimum Gasteiger partial charge on any atom is -0.372 e. The number of rotatable bonds is 1. The molecule has 0 fully saturated rings. The smallest absolute Gasteiger partial charge is 0.0507 e. The fourth-order valence-corrected chi connectivity index (χ4v) is 2.82. The molecule has 0 saturated carbocycles. The quantitative estimate of drug-likeness (QED) is 0.792. The number of hydrogen-bond donors (Lipinski definition) is 0. The summed E-state index contributed by atoms with van der Waals surface area (Å²) >= 11 is 0. The standard InChI is InChI=1S/C17H21N3/c1-19-9-8-15-12-18-13-16(14-6-4-3-5-7-14)17(15)20(2)11-10-19/h3-7,12-13H,8-11H2,1-2H3. The molecule has 0 atom stereocenters. The molecule has 0 amide bonds. The Morgan fingerprint density at radius 3 is 2.55 bits per heavy atom. The van der Waals surface area contributed by atoms with Gasteiger partial charge in [-0.15, -0.1) is 0 Å². The van der Waals surface area contributed by atoms with Crippen molar-refractivity contribution in [2.75, 3.05) is 38.6 Å². The average molecular weight is 267 g/mol. The van der Waals surface area contributed by atoms with E-state index in [4.69, 9.17) is 0 Å². The predicted octanol–water partition coefficient (Wildman–Crippen LogP) is 2.67. The third kappa shape index (κ3) is 2.54. The zero-order chi connectivity index (χ0) is 13.9. The topological polar surface area (TPSA) is 19.4 Å². The summed E-state index contributed by atoms with van der Waals surface area (Å²) in [6.45, 7) is 3.25. The van der Waals surface area contributed by atoms with Crippen LogP contribution in [0.5, 0.6) is 0 Å². The van der Waals surface area contributed by atoms with Crippen molar-refractivity contribution in [2.45, 2.75) is 6.42 Å². The van der Waals surface area contributed by atoms with E-state index in [1.54, 1.807) is 0 Å². The van der Waals surface area contributed by atoms with Crippen molar-refractivity contribution in [3.63, 3.8) is 0 Å². The number of likely N-dealkylation sites (N-methyl/N-ethyl adjacent to an activating group) is 2. The van der Waals surface area contributed by atoms with E-state index >= 15 is 0 Å². The molecule has 1 aromatic heterocycles. The number of aromatic nitrogens is 1. The van der Waals surface area contributed by atoms with E-state index in [0.717, 1.165) is 26.1 Å². The molecule has 3 heteroatoms. The van der Waals surface area contributed by atoms with Crippen LogP contribution in [-0.2, 0) is 6.42 Å². The van der Waals surface area contributed by atoms with Gasteiger partial charge >= 0.3 is 0 Å². The van der Waals surface area contributed by atoms with Gasteiger partial charge in [-0.1, -0.05) is 30.3 Å². The molecule has 0 radical (unpaired) electrons. The molecule has 2 heterocycles. The Balaban J connectivity index is 2.09. The van der Waals surface area contributed by atoms with Gasteiger partial charge in [0.05, 0.1) is 5.69 Å². The number of fused-ring (bicyclic) bond motifs is 1. The van der Waals surface area contributed by atoms with Gasteiger partial charge in [-0.05, 0) is 24.6 Å². The zero-order valence-electron chi connectivity index (χ0n) is 12.2. The lowest BCUT2D eigenvalue weighted by Crippen LogP contribution is -2.35. The van der Waals surface area contributed by atoms with Gasteiger partial charge in [-0.25, -0.2) is 0 Å². The number of nitrogens with zero attached hydrogens (tertiary/aromatic N) is 3. The van der Waals surface area contributed by atoms with Crippen LogP contribution < -0.4 is 4.90 Å². The van der Waals surface area contributed by atoms with Gasteiger partial charge in [0.25, 0.3) is 0 Å². The van der Waals surface area contributed by atoms with E-state index in [9.17, 15) is 0 Å². The molecule has 20 heavy (non-hydrogen) atoms. The number of anilines is 1. The van der Waals surface area contributed by atoms with Gasteiger partial charge in [0.15, 0.2) is 0 Å². The first-order valence-electron chi connectivity index (χ1n) is 7.17. The van der Waals surface area contributed by atoms with Gasteiger partial charge in [0, 0.05) is 44.6 Å². The van der Waals surface area contributed by atoms with Crippen molar-refractivity contribution < 1.29 is 0 Å². The van der Waals surface area contributed by atoms with Crippen LogP contribution >= 0.6 is 0 Å². The molecule has 3 nitrogen and oxygen atoms in total. The maximum absolute atomic E-state index is 4.46. The highest BCUT2D eigenvalue weighted by molar-refractivity contribution is 5.80. The average Bonchev–Trinajstić information content (AvgIpc) is 2.49. The van der Waals surface area contributed by atoms with Crippen molar-refractivity contribution in [3.8, 4) is 11.1 Å². The van der Waals surface area contributed by atoms with Crippen LogP contribution in [0.3, 0.4) is 0 Å². The van der Waals surface area contributed by atoms with E-state index in [-0.39, 0.29) is 0 Å². The molecule has 1 aromatic carbocycles. The Bertz CT molecular complexity index is 580. The fourth-order valence-electron chi connectivity index (χ4n) is 2.82. The summed E-state index contributed by atoms with van der Waals surface area (Å²) in [6.07, 6.45) is 5.08. The van der Waals surface area contributed by atoms with Crippen LogP contribution in [-0.4, -0.2) is 43.6 Å². The summed E-state index contributed by atoms with van der Waals surface area (Å²) < 4.78 is 0. The number of hydrogen-bond acceptors (Lipinski definition) is 3. The van der Waals surface area contributed by atoms with Crippen molar-refractivity contribution in [1.29, 1.82) is 0 Å². The summed E-state index contributed by atoms with van der Waals surface area (Å²) in [5, 5.41) is 0. The minimum atomic E-state index is 1.05. The first-order valence-corrected chi connectivity index (χ1v) is 7.17. The monoisotopic (exact) mass is 267 g/mol. The van der Waals surface area contributed by atoms with E-state index < -0.39 is 0 Å². The van der Waals surface area contributed by atoms with Gasteiger partial charge < -0.3 is 9.80 Å². The molecule has 0 N–H and O–H groups in total. The molecular formula is C17H21N3. The van der Waals surface area contributed by atoms with Crippen molar-refractivity contribution in [2.24, 2.45) is 0 Å². The SMILES string of the molecule is CN1CCc2cncc(-c3ccccc3)c2N(C)CC1. The van der Waals surface area contributed by atoms with E-state index in [1.807, 2.05) is 12.4 Å². The summed E-state index contributed by atoms with van der Waals surface area (Å²) in [5.74, 6) is 0. The first kappa shape index (κ1) is 13.1. The highest BCUT2D eigenvalue weighted by Gasteiger charge is 2.17. The summed E-state index contributed by atoms with van der Waals surface area (Å²) in [5.41, 5.74) is 5.19. The number of benzene rings is 1. The van der Waals surface area contributed by atoms with E-state index in [0.29, 0.717) is 0 Å². The molecule has 0 bridgehead atoms. The van der Waals surface area contributed by atoms with E-state index in [1.165, 1.54) is 22.4 Å². The Hall–Kier alpha value is -1.87. The van der Waals surface area contributed by atoms with Gasteiger partial charge in [0.1, 0.15) is 0 Å². The third-order valence-electron chi connectivity index (χ3n) is 4.04. The lowest BCUT2D eigenvalue weighted by molar-refractivity contribution is 0.341. The van der Waals surface area contributed by atoms with Gasteiger partial charge in [-0.3, -0.25) is 4.98 Å². The molecule has 3 rings (SSSR count). The van der Waals surface area contributed by atoms with Crippen LogP contribution in [0.1, 0.15) is 5.56 Å². The lowest BCUT2D eigenvalue weighted by Gasteiger charge is -2.30. The maximum atomic E-state index is 4.46. The Labute approximate surface area is 120 Å². The molecule has 0 spiro atoms. The fraction of sp³-hybridized carbons (Fsp3) is 0.353. The molecule has 1 aliphatic rings. The molecule has 0 unspecified atom stereocenters. The molecular weight excluding hydrogens is 246 g/mol. The third-order valence-corrected chi connectivity index (χ3v) is 4.04. The summed E-state index contributed by atoms with van der Waals surface area (Å²) in [7, 11) is 4.37. The van der Waals surface area contributed by atoms with Crippen LogP contribution in [0, 0.1) is 0 Å². The number of pyridine rings is 1. The normalized spacial score (nSPS) is 16.4. The summed E-state index contributed by atoms with van der Waals surface area (Å²) in [6, 6.07) is 10.6. The molecule has 0 aliphatic carbocycles. The largest absolute Gasteiger partial charge is 0.372 e. The van der Waals surface area contributed by atoms with Crippen molar-refractivity contribution >= 4 is 5.69 Å². The van der Waals surface area contributed by atoms with Crippen molar-refractivity contribution in [3.05, 3.63) is 48.3 Å². The lowest BCUT2D eigenvalue weighted by atomic mass is 10.00. The highest BCUT2D eigenvalue weighted by Crippen LogP contribution is 2.33. The highest BCUT2D eigenvalue weighted by atomic mass is 15.2. The Morgan fingerprint density at radius 1 is 0.950 bits per heavy atom. The molecule has 0 saturated heterocycles. The van der Waals surface area contributed by atoms with E-state index in [2.05, 4.69) is 59.2 Å². The second-order valence-corrected chi connectivity index (χ2v) is 5.54. The van der Waals surface area contributed by atoms with Gasteiger partial charge in [-0.2, -0.15) is 0 Å². The maximum Gasteiger partial charge on any atom is 0.0507 e. The summed E-state index contributed by atoms with van der Waals surface area (Å²) in [4.78, 5) is 9.21. The van der Waals surface area contributed by atoms with Crippen LogP contribution in [0.25, 0.3) is 11.1 Å².